The summed E-state index contributed by atoms with van der Waals surface area (Å²) in [6.45, 7) is 2.64. The Morgan fingerprint density at radius 1 is 1.09 bits per heavy atom. The Morgan fingerprint density at radius 2 is 1.86 bits per heavy atom. The topological polar surface area (TPSA) is 76.2 Å². The Kier molecular flexibility index (Phi) is 6.06. The third-order valence-corrected chi connectivity index (χ3v) is 8.49. The molecular formula is C26H26Cl2N2O5. The third-order valence-electron chi connectivity index (χ3n) is 7.76. The number of benzene rings is 2. The minimum Gasteiger partial charge on any atom is -0.496 e. The van der Waals surface area contributed by atoms with E-state index in [0.29, 0.717) is 28.8 Å². The first-order chi connectivity index (χ1) is 16.8. The summed E-state index contributed by atoms with van der Waals surface area (Å²) >= 11 is 12.3. The fourth-order valence-electron chi connectivity index (χ4n) is 6.36. The van der Waals surface area contributed by atoms with Gasteiger partial charge in [-0.2, -0.15) is 0 Å². The number of carbonyl (C=O) groups is 3. The first-order valence-electron chi connectivity index (χ1n) is 11.6. The highest BCUT2D eigenvalue weighted by atomic mass is 35.5. The standard InChI is InChI=1S/C26H26Cl2N2O5/c1-4-29-23(31)20-21(24(29)32)26(25(33)35-3)10-5-11-30(26)22(20)15-6-8-16(19(13-15)34-2)14-7-9-17(27)18(28)12-14/h6-9,12-13,20-22H,4-5,10-11H2,1-3H3/t20?,21?,22?,26-/m0/s1. The molecule has 184 valence electrons. The fraction of sp³-hybridized carbons (Fsp3) is 0.423. The summed E-state index contributed by atoms with van der Waals surface area (Å²) in [5, 5.41) is 0.893. The minimum atomic E-state index is -1.14. The summed E-state index contributed by atoms with van der Waals surface area (Å²) in [4.78, 5) is 43.4. The van der Waals surface area contributed by atoms with E-state index in [-0.39, 0.29) is 18.4 Å². The zero-order chi connectivity index (χ0) is 25.1. The number of methoxy groups -OCH3 is 2. The van der Waals surface area contributed by atoms with Gasteiger partial charge in [0.25, 0.3) is 0 Å². The molecule has 0 aliphatic carbocycles. The van der Waals surface area contributed by atoms with Crippen molar-refractivity contribution in [2.75, 3.05) is 27.3 Å². The first-order valence-corrected chi connectivity index (χ1v) is 12.4. The number of nitrogens with zero attached hydrogens (tertiary/aromatic N) is 2. The molecule has 3 aliphatic rings. The molecule has 35 heavy (non-hydrogen) atoms. The van der Waals surface area contributed by atoms with Crippen LogP contribution < -0.4 is 4.74 Å². The van der Waals surface area contributed by atoms with E-state index < -0.39 is 29.4 Å². The molecule has 3 saturated heterocycles. The SMILES string of the molecule is CCN1C(=O)C2C(c3ccc(-c4ccc(Cl)c(Cl)c4)c(OC)c3)N3CCC[C@@]3(C(=O)OC)C2C1=O. The molecule has 9 heteroatoms. The van der Waals surface area contributed by atoms with Crippen LogP contribution in [0.2, 0.25) is 10.0 Å². The van der Waals surface area contributed by atoms with E-state index in [0.717, 1.165) is 23.1 Å². The van der Waals surface area contributed by atoms with E-state index in [2.05, 4.69) is 0 Å². The second kappa shape index (κ2) is 8.80. The molecule has 0 saturated carbocycles. The number of hydrogen-bond acceptors (Lipinski definition) is 6. The maximum absolute atomic E-state index is 13.5. The molecule has 3 unspecified atom stereocenters. The largest absolute Gasteiger partial charge is 0.496 e. The Bertz CT molecular complexity index is 1230. The van der Waals surface area contributed by atoms with Gasteiger partial charge in [0.05, 0.1) is 36.1 Å². The van der Waals surface area contributed by atoms with Gasteiger partial charge in [0, 0.05) is 18.2 Å². The van der Waals surface area contributed by atoms with E-state index in [1.807, 2.05) is 29.2 Å². The molecule has 5 rings (SSSR count). The summed E-state index contributed by atoms with van der Waals surface area (Å²) in [5.74, 6) is -1.82. The van der Waals surface area contributed by atoms with E-state index in [1.54, 1.807) is 26.2 Å². The zero-order valence-electron chi connectivity index (χ0n) is 19.7. The van der Waals surface area contributed by atoms with Crippen LogP contribution in [0.3, 0.4) is 0 Å². The van der Waals surface area contributed by atoms with Crippen molar-refractivity contribution in [3.05, 3.63) is 52.0 Å². The second-order valence-corrected chi connectivity index (χ2v) is 9.98. The van der Waals surface area contributed by atoms with Crippen LogP contribution in [-0.4, -0.2) is 60.4 Å². The zero-order valence-corrected chi connectivity index (χ0v) is 21.2. The molecule has 3 fully saturated rings. The predicted octanol–water partition coefficient (Wildman–Crippen LogP) is 4.35. The van der Waals surface area contributed by atoms with Crippen LogP contribution in [0.25, 0.3) is 11.1 Å². The molecule has 2 aromatic rings. The highest BCUT2D eigenvalue weighted by Gasteiger charge is 2.73. The lowest BCUT2D eigenvalue weighted by Gasteiger charge is -2.36. The van der Waals surface area contributed by atoms with Gasteiger partial charge in [-0.15, -0.1) is 0 Å². The maximum atomic E-state index is 13.5. The monoisotopic (exact) mass is 516 g/mol. The summed E-state index contributed by atoms with van der Waals surface area (Å²) in [5.41, 5.74) is 1.32. The van der Waals surface area contributed by atoms with Crippen LogP contribution >= 0.6 is 23.2 Å². The Hall–Kier alpha value is -2.61. The van der Waals surface area contributed by atoms with Crippen molar-refractivity contribution >= 4 is 41.0 Å². The number of carbonyl (C=O) groups excluding carboxylic acids is 3. The number of hydrogen-bond donors (Lipinski definition) is 0. The van der Waals surface area contributed by atoms with Crippen molar-refractivity contribution in [1.82, 2.24) is 9.80 Å². The Labute approximate surface area is 213 Å². The van der Waals surface area contributed by atoms with Crippen molar-refractivity contribution < 1.29 is 23.9 Å². The van der Waals surface area contributed by atoms with Gasteiger partial charge in [0.15, 0.2) is 0 Å². The molecule has 2 amide bonds. The van der Waals surface area contributed by atoms with Gasteiger partial charge >= 0.3 is 5.97 Å². The lowest BCUT2D eigenvalue weighted by molar-refractivity contribution is -0.159. The van der Waals surface area contributed by atoms with Gasteiger partial charge in [0.2, 0.25) is 11.8 Å². The molecule has 3 heterocycles. The summed E-state index contributed by atoms with van der Waals surface area (Å²) in [6, 6.07) is 10.6. The molecule has 0 radical (unpaired) electrons. The Morgan fingerprint density at radius 3 is 2.51 bits per heavy atom. The first kappa shape index (κ1) is 24.1. The summed E-state index contributed by atoms with van der Waals surface area (Å²) in [6.07, 6.45) is 1.22. The van der Waals surface area contributed by atoms with Gasteiger partial charge in [-0.1, -0.05) is 41.4 Å². The molecule has 0 aromatic heterocycles. The van der Waals surface area contributed by atoms with E-state index in [4.69, 9.17) is 32.7 Å². The number of fused-ring (bicyclic) bond motifs is 3. The molecule has 3 aliphatic heterocycles. The lowest BCUT2D eigenvalue weighted by Crippen LogP contribution is -2.54. The van der Waals surface area contributed by atoms with Crippen molar-refractivity contribution in [3.8, 4) is 16.9 Å². The number of imide groups is 1. The predicted molar refractivity (Wildman–Crippen MR) is 131 cm³/mol. The highest BCUT2D eigenvalue weighted by molar-refractivity contribution is 6.42. The van der Waals surface area contributed by atoms with Crippen LogP contribution in [0.4, 0.5) is 0 Å². The van der Waals surface area contributed by atoms with Crippen LogP contribution in [0, 0.1) is 11.8 Å². The number of rotatable bonds is 5. The second-order valence-electron chi connectivity index (χ2n) is 9.17. The van der Waals surface area contributed by atoms with Crippen molar-refractivity contribution in [3.63, 3.8) is 0 Å². The van der Waals surface area contributed by atoms with Crippen LogP contribution in [0.15, 0.2) is 36.4 Å². The Balaban J connectivity index is 1.64. The molecule has 0 N–H and O–H groups in total. The minimum absolute atomic E-state index is 0.238. The van der Waals surface area contributed by atoms with Gasteiger partial charge in [-0.05, 0) is 55.6 Å². The molecule has 0 bridgehead atoms. The summed E-state index contributed by atoms with van der Waals surface area (Å²) in [7, 11) is 2.92. The van der Waals surface area contributed by atoms with E-state index in [1.165, 1.54) is 12.0 Å². The average molecular weight is 517 g/mol. The normalized spacial score (nSPS) is 27.8. The lowest BCUT2D eigenvalue weighted by atomic mass is 9.77. The molecule has 0 spiro atoms. The number of likely N-dealkylation sites (tertiary alicyclic amines) is 1. The average Bonchev–Trinajstić information content (AvgIpc) is 3.48. The van der Waals surface area contributed by atoms with Gasteiger partial charge in [-0.25, -0.2) is 0 Å². The van der Waals surface area contributed by atoms with E-state index in [9.17, 15) is 14.4 Å². The molecule has 7 nitrogen and oxygen atoms in total. The third kappa shape index (κ3) is 3.32. The van der Waals surface area contributed by atoms with Gasteiger partial charge in [-0.3, -0.25) is 24.2 Å². The fourth-order valence-corrected chi connectivity index (χ4v) is 6.66. The maximum Gasteiger partial charge on any atom is 0.327 e. The van der Waals surface area contributed by atoms with Gasteiger partial charge < -0.3 is 9.47 Å². The van der Waals surface area contributed by atoms with Crippen LogP contribution in [0.1, 0.15) is 31.4 Å². The van der Waals surface area contributed by atoms with Crippen molar-refractivity contribution in [2.45, 2.75) is 31.3 Å². The number of ether oxygens (including phenoxy) is 2. The smallest absolute Gasteiger partial charge is 0.327 e. The molecule has 2 aromatic carbocycles. The van der Waals surface area contributed by atoms with Crippen molar-refractivity contribution in [1.29, 1.82) is 0 Å². The van der Waals surface area contributed by atoms with Crippen molar-refractivity contribution in [2.24, 2.45) is 11.8 Å². The highest BCUT2D eigenvalue weighted by Crippen LogP contribution is 2.59. The van der Waals surface area contributed by atoms with Crippen LogP contribution in [-0.2, 0) is 19.1 Å². The number of halogens is 2. The number of amides is 2. The van der Waals surface area contributed by atoms with E-state index >= 15 is 0 Å². The summed E-state index contributed by atoms with van der Waals surface area (Å²) < 4.78 is 10.9. The van der Waals surface area contributed by atoms with Gasteiger partial charge in [0.1, 0.15) is 11.3 Å². The quantitative estimate of drug-likeness (QED) is 0.434. The molecule has 4 atom stereocenters. The number of esters is 1. The molecular weight excluding hydrogens is 491 g/mol. The van der Waals surface area contributed by atoms with Crippen LogP contribution in [0.5, 0.6) is 5.75 Å².